The van der Waals surface area contributed by atoms with E-state index in [1.165, 1.54) is 5.57 Å². The van der Waals surface area contributed by atoms with Gasteiger partial charge in [-0.1, -0.05) is 25.0 Å². The minimum atomic E-state index is -0.724. The Balaban J connectivity index is 1.34. The van der Waals surface area contributed by atoms with Crippen molar-refractivity contribution in [3.05, 3.63) is 71.3 Å². The second-order valence-electron chi connectivity index (χ2n) is 13.0. The number of aliphatic hydroxyl groups is 3. The molecule has 9 N–H and O–H groups in total. The Hall–Kier alpha value is -3.42. The SMILES string of the molecule is CC[C@H]1C#CC[C@H]([C@H](O)CCc2ccc(O)c(OCC[C@H](Cc3ccc[nH]3)C3=CCNC(N)=C3)c2)[C@@H](O)CC[C@H](NC[C@H](C)O)C1. The number of phenols is 1. The van der Waals surface area contributed by atoms with E-state index in [2.05, 4.69) is 46.5 Å². The minimum absolute atomic E-state index is 0.0812. The topological polar surface area (TPSA) is 156 Å². The summed E-state index contributed by atoms with van der Waals surface area (Å²) >= 11 is 0. The Morgan fingerprint density at radius 1 is 1.17 bits per heavy atom. The van der Waals surface area contributed by atoms with Crippen molar-refractivity contribution in [1.82, 2.24) is 15.6 Å². The van der Waals surface area contributed by atoms with Crippen LogP contribution in [0.1, 0.15) is 70.1 Å². The number of hydrogen-bond donors (Lipinski definition) is 8. The Morgan fingerprint density at radius 3 is 2.76 bits per heavy atom. The molecule has 252 valence electrons. The Kier molecular flexibility index (Phi) is 13.9. The number of phenolic OH excluding ortho intramolecular Hbond substituents is 1. The van der Waals surface area contributed by atoms with Gasteiger partial charge < -0.3 is 46.5 Å². The summed E-state index contributed by atoms with van der Waals surface area (Å²) in [5.41, 5.74) is 9.31. The van der Waals surface area contributed by atoms with Crippen LogP contribution in [0.5, 0.6) is 11.5 Å². The zero-order chi connectivity index (χ0) is 32.9. The average molecular weight is 635 g/mol. The average Bonchev–Trinajstić information content (AvgIpc) is 3.56. The van der Waals surface area contributed by atoms with Gasteiger partial charge in [0.25, 0.3) is 0 Å². The largest absolute Gasteiger partial charge is 0.504 e. The van der Waals surface area contributed by atoms with Crippen molar-refractivity contribution in [3.8, 4) is 23.3 Å². The number of allylic oxidation sites excluding steroid dienone is 2. The van der Waals surface area contributed by atoms with Gasteiger partial charge in [-0.15, -0.1) is 5.92 Å². The van der Waals surface area contributed by atoms with E-state index < -0.39 is 18.3 Å². The summed E-state index contributed by atoms with van der Waals surface area (Å²) in [6.07, 6.45) is 10.4. The van der Waals surface area contributed by atoms with Crippen LogP contribution in [-0.4, -0.2) is 69.5 Å². The molecule has 0 spiro atoms. The lowest BCUT2D eigenvalue weighted by Gasteiger charge is -2.30. The molecule has 2 heterocycles. The van der Waals surface area contributed by atoms with Crippen molar-refractivity contribution in [3.63, 3.8) is 0 Å². The van der Waals surface area contributed by atoms with E-state index in [-0.39, 0.29) is 29.5 Å². The molecule has 2 aliphatic rings. The molecule has 0 fully saturated rings. The molecule has 9 nitrogen and oxygen atoms in total. The summed E-state index contributed by atoms with van der Waals surface area (Å²) in [7, 11) is 0. The quantitative estimate of drug-likeness (QED) is 0.137. The highest BCUT2D eigenvalue weighted by atomic mass is 16.5. The first-order chi connectivity index (χ1) is 22.2. The number of dihydropyridines is 1. The standard InChI is InChI=1S/C37H54N4O5/c1-3-26-6-4-8-32(34(44)14-11-31(20-26)41-24-25(2)42)33(43)12-9-27-10-13-35(45)36(21-27)46-19-16-29(22-30-7-5-17-39-30)28-15-18-40-37(38)23-28/h5,7,10,13,15,17,21,23,25-26,29,31-34,39-45H,3,8-9,11-12,14,16,18-20,22,24,38H2,1-2H3/t25-,26-,29+,31-,32+,33+,34-/m0/s1. The number of aromatic hydroxyl groups is 1. The Morgan fingerprint density at radius 2 is 2.02 bits per heavy atom. The Labute approximate surface area is 274 Å². The number of ether oxygens (including phenoxy) is 1. The van der Waals surface area contributed by atoms with Crippen LogP contribution in [0.25, 0.3) is 0 Å². The third-order valence-corrected chi connectivity index (χ3v) is 9.25. The van der Waals surface area contributed by atoms with Crippen molar-refractivity contribution < 1.29 is 25.2 Å². The molecule has 1 aliphatic carbocycles. The number of hydrogen-bond acceptors (Lipinski definition) is 8. The maximum Gasteiger partial charge on any atom is 0.161 e. The smallest absolute Gasteiger partial charge is 0.161 e. The van der Waals surface area contributed by atoms with Crippen molar-refractivity contribution >= 4 is 0 Å². The highest BCUT2D eigenvalue weighted by Gasteiger charge is 2.28. The first-order valence-electron chi connectivity index (χ1n) is 17.0. The van der Waals surface area contributed by atoms with Crippen LogP contribution in [0.3, 0.4) is 0 Å². The molecule has 2 aromatic rings. The van der Waals surface area contributed by atoms with E-state index in [4.69, 9.17) is 10.5 Å². The molecule has 0 saturated heterocycles. The maximum atomic E-state index is 11.2. The van der Waals surface area contributed by atoms with Gasteiger partial charge in [0, 0.05) is 49.3 Å². The maximum absolute atomic E-state index is 11.2. The first kappa shape index (κ1) is 35.4. The molecule has 0 radical (unpaired) electrons. The summed E-state index contributed by atoms with van der Waals surface area (Å²) in [6, 6.07) is 9.56. The number of nitrogens with two attached hydrogens (primary N) is 1. The van der Waals surface area contributed by atoms with Gasteiger partial charge in [0.1, 0.15) is 0 Å². The highest BCUT2D eigenvalue weighted by Crippen LogP contribution is 2.31. The van der Waals surface area contributed by atoms with Crippen LogP contribution >= 0.6 is 0 Å². The molecule has 9 heteroatoms. The predicted molar refractivity (Wildman–Crippen MR) is 182 cm³/mol. The van der Waals surface area contributed by atoms with Crippen molar-refractivity contribution in [2.75, 3.05) is 19.7 Å². The normalized spacial score (nSPS) is 23.9. The number of benzene rings is 1. The molecule has 0 unspecified atom stereocenters. The van der Waals surface area contributed by atoms with E-state index in [9.17, 15) is 20.4 Å². The fourth-order valence-corrected chi connectivity index (χ4v) is 6.42. The summed E-state index contributed by atoms with van der Waals surface area (Å²) in [6.45, 7) is 5.52. The van der Waals surface area contributed by atoms with Crippen LogP contribution < -0.4 is 21.1 Å². The van der Waals surface area contributed by atoms with Gasteiger partial charge in [-0.3, -0.25) is 0 Å². The lowest BCUT2D eigenvalue weighted by Crippen LogP contribution is -2.38. The van der Waals surface area contributed by atoms with E-state index >= 15 is 0 Å². The molecular weight excluding hydrogens is 580 g/mol. The zero-order valence-electron chi connectivity index (χ0n) is 27.4. The zero-order valence-corrected chi connectivity index (χ0v) is 27.4. The van der Waals surface area contributed by atoms with Crippen LogP contribution in [0.15, 0.2) is 60.1 Å². The van der Waals surface area contributed by atoms with E-state index in [1.54, 1.807) is 13.0 Å². The Bertz CT molecular complexity index is 1330. The summed E-state index contributed by atoms with van der Waals surface area (Å²) in [5.74, 6) is 7.90. The monoisotopic (exact) mass is 634 g/mol. The predicted octanol–water partition coefficient (Wildman–Crippen LogP) is 3.89. The van der Waals surface area contributed by atoms with Crippen LogP contribution in [0, 0.1) is 29.6 Å². The summed E-state index contributed by atoms with van der Waals surface area (Å²) in [5, 5.41) is 49.2. The molecule has 4 rings (SSSR count). The molecule has 0 bridgehead atoms. The van der Waals surface area contributed by atoms with Gasteiger partial charge in [-0.25, -0.2) is 0 Å². The number of nitrogens with one attached hydrogen (secondary N) is 3. The van der Waals surface area contributed by atoms with Crippen molar-refractivity contribution in [2.24, 2.45) is 23.5 Å². The fourth-order valence-electron chi connectivity index (χ4n) is 6.42. The highest BCUT2D eigenvalue weighted by molar-refractivity contribution is 5.42. The second-order valence-corrected chi connectivity index (χ2v) is 13.0. The molecule has 46 heavy (non-hydrogen) atoms. The molecule has 0 saturated carbocycles. The lowest BCUT2D eigenvalue weighted by atomic mass is 9.84. The third kappa shape index (κ3) is 11.1. The van der Waals surface area contributed by atoms with Crippen molar-refractivity contribution in [2.45, 2.75) is 96.0 Å². The molecule has 0 amide bonds. The lowest BCUT2D eigenvalue weighted by molar-refractivity contribution is 0.00428. The van der Waals surface area contributed by atoms with Crippen molar-refractivity contribution in [1.29, 1.82) is 0 Å². The number of rotatable bonds is 15. The summed E-state index contributed by atoms with van der Waals surface area (Å²) in [4.78, 5) is 3.29. The van der Waals surface area contributed by atoms with Gasteiger partial charge in [-0.05, 0) is 106 Å². The summed E-state index contributed by atoms with van der Waals surface area (Å²) < 4.78 is 6.11. The van der Waals surface area contributed by atoms with E-state index in [0.29, 0.717) is 57.0 Å². The van der Waals surface area contributed by atoms with Crippen LogP contribution in [0.2, 0.25) is 0 Å². The molecular formula is C37H54N4O5. The number of aromatic amines is 1. The van der Waals surface area contributed by atoms with Gasteiger partial charge >= 0.3 is 0 Å². The van der Waals surface area contributed by atoms with Gasteiger partial charge in [0.05, 0.1) is 30.7 Å². The van der Waals surface area contributed by atoms with Gasteiger partial charge in [-0.2, -0.15) is 0 Å². The number of aryl methyl sites for hydroxylation is 1. The first-order valence-corrected chi connectivity index (χ1v) is 17.0. The number of H-pyrrole nitrogens is 1. The minimum Gasteiger partial charge on any atom is -0.504 e. The van der Waals surface area contributed by atoms with E-state index in [1.807, 2.05) is 30.5 Å². The molecule has 7 atom stereocenters. The number of aliphatic hydroxyl groups excluding tert-OH is 3. The number of aromatic nitrogens is 1. The van der Waals surface area contributed by atoms with Gasteiger partial charge in [0.15, 0.2) is 11.5 Å². The van der Waals surface area contributed by atoms with Crippen LogP contribution in [0.4, 0.5) is 0 Å². The molecule has 1 aromatic carbocycles. The van der Waals surface area contributed by atoms with Gasteiger partial charge in [0.2, 0.25) is 0 Å². The fraction of sp³-hybridized carbons (Fsp3) is 0.568. The molecule has 1 aromatic heterocycles. The molecule has 1 aliphatic heterocycles. The van der Waals surface area contributed by atoms with E-state index in [0.717, 1.165) is 43.4 Å². The van der Waals surface area contributed by atoms with Crippen LogP contribution in [-0.2, 0) is 12.8 Å². The second kappa shape index (κ2) is 18.1. The third-order valence-electron chi connectivity index (χ3n) is 9.25.